The van der Waals surface area contributed by atoms with E-state index in [1.54, 1.807) is 24.3 Å². The Morgan fingerprint density at radius 2 is 1.88 bits per heavy atom. The molecule has 2 amide bonds. The van der Waals surface area contributed by atoms with Gasteiger partial charge in [0.1, 0.15) is 6.54 Å². The maximum absolute atomic E-state index is 12.7. The summed E-state index contributed by atoms with van der Waals surface area (Å²) in [5.41, 5.74) is 1.32. The zero-order chi connectivity index (χ0) is 19.1. The number of benzene rings is 1. The lowest BCUT2D eigenvalue weighted by Crippen LogP contribution is -2.44. The van der Waals surface area contributed by atoms with Crippen LogP contribution in [0.5, 0.6) is 0 Å². The molecule has 2 unspecified atom stereocenters. The number of rotatable bonds is 3. The van der Waals surface area contributed by atoms with Gasteiger partial charge in [-0.1, -0.05) is 24.3 Å². The smallest absolute Gasteiger partial charge is 0.406 e. The highest BCUT2D eigenvalue weighted by atomic mass is 19.4. The number of carboxylic acids is 1. The van der Waals surface area contributed by atoms with Crippen LogP contribution in [0.3, 0.4) is 0 Å². The highest BCUT2D eigenvalue weighted by molar-refractivity contribution is 5.90. The van der Waals surface area contributed by atoms with Gasteiger partial charge in [-0.25, -0.2) is 0 Å². The van der Waals surface area contributed by atoms with Crippen LogP contribution in [0.4, 0.5) is 13.2 Å². The van der Waals surface area contributed by atoms with Crippen molar-refractivity contribution in [1.29, 1.82) is 0 Å². The molecule has 1 N–H and O–H groups in total. The van der Waals surface area contributed by atoms with Crippen LogP contribution in [-0.2, 0) is 20.9 Å². The van der Waals surface area contributed by atoms with Gasteiger partial charge in [0, 0.05) is 26.1 Å². The standard InChI is InChI=1S/C17H17F3N2O4/c18-17(19,20)9-22-7-11(5-14(22)23)15(24)21-6-10-3-1-2-4-12(10)13(8-21)16(25)26/h1-4,11,13H,5-9H2,(H,25,26). The van der Waals surface area contributed by atoms with Gasteiger partial charge < -0.3 is 14.9 Å². The molecule has 3 rings (SSSR count). The van der Waals surface area contributed by atoms with E-state index < -0.39 is 42.3 Å². The Kier molecular flexibility index (Phi) is 4.64. The molecule has 26 heavy (non-hydrogen) atoms. The van der Waals surface area contributed by atoms with Gasteiger partial charge in [0.15, 0.2) is 0 Å². The minimum atomic E-state index is -4.52. The van der Waals surface area contributed by atoms with Crippen LogP contribution < -0.4 is 0 Å². The number of alkyl halides is 3. The second-order valence-electron chi connectivity index (χ2n) is 6.60. The van der Waals surface area contributed by atoms with Crippen molar-refractivity contribution in [3.63, 3.8) is 0 Å². The fraction of sp³-hybridized carbons (Fsp3) is 0.471. The number of hydrogen-bond donors (Lipinski definition) is 1. The number of carbonyl (C=O) groups is 3. The van der Waals surface area contributed by atoms with Crippen LogP contribution in [0.1, 0.15) is 23.5 Å². The summed E-state index contributed by atoms with van der Waals surface area (Å²) in [6.07, 6.45) is -4.81. The number of fused-ring (bicyclic) bond motifs is 1. The lowest BCUT2D eigenvalue weighted by molar-refractivity contribution is -0.157. The summed E-state index contributed by atoms with van der Waals surface area (Å²) in [5.74, 6) is -4.05. The van der Waals surface area contributed by atoms with Gasteiger partial charge in [-0.15, -0.1) is 0 Å². The lowest BCUT2D eigenvalue weighted by Gasteiger charge is -2.34. The van der Waals surface area contributed by atoms with Crippen LogP contribution >= 0.6 is 0 Å². The summed E-state index contributed by atoms with van der Waals surface area (Å²) in [6, 6.07) is 6.87. The van der Waals surface area contributed by atoms with E-state index in [1.165, 1.54) is 4.90 Å². The van der Waals surface area contributed by atoms with Crippen molar-refractivity contribution < 1.29 is 32.7 Å². The Labute approximate surface area is 147 Å². The Hall–Kier alpha value is -2.58. The normalized spacial score (nSPS) is 23.1. The van der Waals surface area contributed by atoms with Crippen molar-refractivity contribution in [2.24, 2.45) is 5.92 Å². The molecule has 0 saturated carbocycles. The Morgan fingerprint density at radius 3 is 2.54 bits per heavy atom. The number of carbonyl (C=O) groups excluding carboxylic acids is 2. The first-order valence-corrected chi connectivity index (χ1v) is 8.09. The van der Waals surface area contributed by atoms with Crippen LogP contribution in [-0.4, -0.2) is 58.5 Å². The number of carboxylic acid groups (broad SMARTS) is 1. The predicted octanol–water partition coefficient (Wildman–Crippen LogP) is 1.61. The van der Waals surface area contributed by atoms with E-state index in [4.69, 9.17) is 0 Å². The molecule has 2 heterocycles. The quantitative estimate of drug-likeness (QED) is 0.877. The van der Waals surface area contributed by atoms with E-state index in [2.05, 4.69) is 0 Å². The van der Waals surface area contributed by atoms with Gasteiger partial charge in [0.25, 0.3) is 0 Å². The van der Waals surface area contributed by atoms with E-state index in [-0.39, 0.29) is 26.1 Å². The third kappa shape index (κ3) is 3.66. The maximum atomic E-state index is 12.7. The predicted molar refractivity (Wildman–Crippen MR) is 83.0 cm³/mol. The minimum absolute atomic E-state index is 0.0604. The number of hydrogen-bond acceptors (Lipinski definition) is 3. The van der Waals surface area contributed by atoms with Crippen molar-refractivity contribution in [2.45, 2.75) is 25.1 Å². The monoisotopic (exact) mass is 370 g/mol. The van der Waals surface area contributed by atoms with Crippen molar-refractivity contribution in [3.8, 4) is 0 Å². The van der Waals surface area contributed by atoms with E-state index in [9.17, 15) is 32.7 Å². The summed E-state index contributed by atoms with van der Waals surface area (Å²) in [7, 11) is 0. The molecular weight excluding hydrogens is 353 g/mol. The second-order valence-corrected chi connectivity index (χ2v) is 6.60. The number of aliphatic carboxylic acids is 1. The maximum Gasteiger partial charge on any atom is 0.406 e. The van der Waals surface area contributed by atoms with Crippen molar-refractivity contribution in [3.05, 3.63) is 35.4 Å². The first-order valence-electron chi connectivity index (χ1n) is 8.09. The average Bonchev–Trinajstić information content (AvgIpc) is 2.91. The molecule has 2 atom stereocenters. The molecule has 2 aliphatic rings. The fourth-order valence-corrected chi connectivity index (χ4v) is 3.55. The molecule has 1 aromatic carbocycles. The Morgan fingerprint density at radius 1 is 1.19 bits per heavy atom. The van der Waals surface area contributed by atoms with Gasteiger partial charge in [0.2, 0.25) is 11.8 Å². The topological polar surface area (TPSA) is 77.9 Å². The first kappa shape index (κ1) is 18.2. The molecule has 0 aliphatic carbocycles. The Bertz CT molecular complexity index is 750. The Balaban J connectivity index is 1.75. The summed E-state index contributed by atoms with van der Waals surface area (Å²) in [5, 5.41) is 9.44. The summed E-state index contributed by atoms with van der Waals surface area (Å²) in [4.78, 5) is 38.0. The molecule has 140 valence electrons. The highest BCUT2D eigenvalue weighted by Gasteiger charge is 2.43. The molecule has 2 aliphatic heterocycles. The number of amides is 2. The lowest BCUT2D eigenvalue weighted by atomic mass is 9.89. The number of halogens is 3. The summed E-state index contributed by atoms with van der Waals surface area (Å²) in [6.45, 7) is -1.55. The molecule has 1 saturated heterocycles. The summed E-state index contributed by atoms with van der Waals surface area (Å²) >= 11 is 0. The molecule has 0 bridgehead atoms. The van der Waals surface area contributed by atoms with Gasteiger partial charge in [-0.05, 0) is 11.1 Å². The van der Waals surface area contributed by atoms with Crippen LogP contribution in [0.2, 0.25) is 0 Å². The SMILES string of the molecule is O=C(O)C1CN(C(=O)C2CC(=O)N(CC(F)(F)F)C2)Cc2ccccc21. The van der Waals surface area contributed by atoms with E-state index in [0.29, 0.717) is 16.0 Å². The highest BCUT2D eigenvalue weighted by Crippen LogP contribution is 2.31. The third-order valence-electron chi connectivity index (χ3n) is 4.74. The van der Waals surface area contributed by atoms with Crippen LogP contribution in [0.25, 0.3) is 0 Å². The molecule has 0 spiro atoms. The first-order chi connectivity index (χ1) is 12.2. The largest absolute Gasteiger partial charge is 0.481 e. The molecule has 0 radical (unpaired) electrons. The van der Waals surface area contributed by atoms with Crippen molar-refractivity contribution >= 4 is 17.8 Å². The van der Waals surface area contributed by atoms with Crippen LogP contribution in [0.15, 0.2) is 24.3 Å². The molecule has 1 aromatic rings. The molecule has 0 aromatic heterocycles. The molecule has 1 fully saturated rings. The average molecular weight is 370 g/mol. The van der Waals surface area contributed by atoms with Gasteiger partial charge in [0.05, 0.1) is 11.8 Å². The molecular formula is C17H17F3N2O4. The van der Waals surface area contributed by atoms with E-state index >= 15 is 0 Å². The second kappa shape index (κ2) is 6.62. The van der Waals surface area contributed by atoms with E-state index in [1.807, 2.05) is 0 Å². The van der Waals surface area contributed by atoms with Crippen molar-refractivity contribution in [1.82, 2.24) is 9.80 Å². The van der Waals surface area contributed by atoms with E-state index in [0.717, 1.165) is 0 Å². The minimum Gasteiger partial charge on any atom is -0.481 e. The fourth-order valence-electron chi connectivity index (χ4n) is 3.55. The van der Waals surface area contributed by atoms with Gasteiger partial charge in [-0.3, -0.25) is 14.4 Å². The van der Waals surface area contributed by atoms with Gasteiger partial charge >= 0.3 is 12.1 Å². The number of nitrogens with zero attached hydrogens (tertiary/aromatic N) is 2. The van der Waals surface area contributed by atoms with Gasteiger partial charge in [-0.2, -0.15) is 13.2 Å². The number of likely N-dealkylation sites (tertiary alicyclic amines) is 1. The van der Waals surface area contributed by atoms with Crippen molar-refractivity contribution in [2.75, 3.05) is 19.6 Å². The summed E-state index contributed by atoms with van der Waals surface area (Å²) < 4.78 is 37.5. The third-order valence-corrected chi connectivity index (χ3v) is 4.74. The zero-order valence-corrected chi connectivity index (χ0v) is 13.7. The molecule has 9 heteroatoms. The van der Waals surface area contributed by atoms with Crippen LogP contribution in [0, 0.1) is 5.92 Å². The zero-order valence-electron chi connectivity index (χ0n) is 13.7. The molecule has 6 nitrogen and oxygen atoms in total.